The quantitative estimate of drug-likeness (QED) is 0.738. The Morgan fingerprint density at radius 3 is 2.76 bits per heavy atom. The number of nitrogens with one attached hydrogen (secondary N) is 1. The normalized spacial score (nSPS) is 10.6. The number of pyridine rings is 1. The van der Waals surface area contributed by atoms with E-state index in [-0.39, 0.29) is 0 Å². The maximum atomic E-state index is 4.33. The van der Waals surface area contributed by atoms with Crippen LogP contribution >= 0.6 is 0 Å². The van der Waals surface area contributed by atoms with Gasteiger partial charge in [0.05, 0.1) is 12.5 Å². The molecule has 3 aromatic heterocycles. The second-order valence-electron chi connectivity index (χ2n) is 3.70. The van der Waals surface area contributed by atoms with Crippen LogP contribution in [0.4, 0.5) is 0 Å². The highest BCUT2D eigenvalue weighted by molar-refractivity contribution is 5.48. The monoisotopic (exact) mass is 225 g/mol. The highest BCUT2D eigenvalue weighted by Crippen LogP contribution is 2.14. The molecule has 0 saturated carbocycles. The van der Waals surface area contributed by atoms with E-state index in [1.807, 2.05) is 18.3 Å². The molecule has 0 spiro atoms. The highest BCUT2D eigenvalue weighted by Gasteiger charge is 2.06. The maximum absolute atomic E-state index is 4.33. The summed E-state index contributed by atoms with van der Waals surface area (Å²) in [6.07, 6.45) is 10.8. The van der Waals surface area contributed by atoms with Gasteiger partial charge in [0.1, 0.15) is 5.69 Å². The van der Waals surface area contributed by atoms with Gasteiger partial charge in [-0.2, -0.15) is 0 Å². The average molecular weight is 225 g/mol. The van der Waals surface area contributed by atoms with Crippen LogP contribution in [-0.2, 0) is 6.54 Å². The van der Waals surface area contributed by atoms with Crippen LogP contribution in [0.25, 0.3) is 11.5 Å². The van der Waals surface area contributed by atoms with Gasteiger partial charge < -0.3 is 9.55 Å². The SMILES string of the molecule is c1cc(Cn2ccnc2-c2cnc[nH]2)ccn1. The van der Waals surface area contributed by atoms with E-state index in [1.54, 1.807) is 31.1 Å². The molecule has 0 amide bonds. The molecule has 17 heavy (non-hydrogen) atoms. The lowest BCUT2D eigenvalue weighted by molar-refractivity contribution is 0.803. The van der Waals surface area contributed by atoms with Crippen LogP contribution in [-0.4, -0.2) is 24.5 Å². The van der Waals surface area contributed by atoms with Crippen LogP contribution in [0.1, 0.15) is 5.56 Å². The molecule has 0 aliphatic rings. The molecular formula is C12H11N5. The van der Waals surface area contributed by atoms with E-state index in [4.69, 9.17) is 0 Å². The van der Waals surface area contributed by atoms with Gasteiger partial charge in [-0.15, -0.1) is 0 Å². The summed E-state index contributed by atoms with van der Waals surface area (Å²) < 4.78 is 2.07. The van der Waals surface area contributed by atoms with Crippen LogP contribution in [0.2, 0.25) is 0 Å². The van der Waals surface area contributed by atoms with E-state index in [0.717, 1.165) is 18.1 Å². The topological polar surface area (TPSA) is 59.4 Å². The van der Waals surface area contributed by atoms with Crippen LogP contribution in [0.3, 0.4) is 0 Å². The molecule has 5 nitrogen and oxygen atoms in total. The fraction of sp³-hybridized carbons (Fsp3) is 0.0833. The van der Waals surface area contributed by atoms with Crippen molar-refractivity contribution in [1.82, 2.24) is 24.5 Å². The highest BCUT2D eigenvalue weighted by atomic mass is 15.1. The fourth-order valence-corrected chi connectivity index (χ4v) is 1.74. The van der Waals surface area contributed by atoms with Crippen molar-refractivity contribution in [3.8, 4) is 11.5 Å². The third kappa shape index (κ3) is 1.94. The van der Waals surface area contributed by atoms with Crippen molar-refractivity contribution in [1.29, 1.82) is 0 Å². The van der Waals surface area contributed by atoms with Gasteiger partial charge in [0.2, 0.25) is 0 Å². The number of aromatic nitrogens is 5. The number of hydrogen-bond acceptors (Lipinski definition) is 3. The first kappa shape index (κ1) is 9.77. The van der Waals surface area contributed by atoms with Crippen molar-refractivity contribution < 1.29 is 0 Å². The summed E-state index contributed by atoms with van der Waals surface area (Å²) in [7, 11) is 0. The molecule has 0 aliphatic carbocycles. The summed E-state index contributed by atoms with van der Waals surface area (Å²) in [5.41, 5.74) is 2.11. The van der Waals surface area contributed by atoms with Gasteiger partial charge in [0.15, 0.2) is 5.82 Å². The van der Waals surface area contributed by atoms with Gasteiger partial charge in [-0.1, -0.05) is 0 Å². The second kappa shape index (κ2) is 4.21. The molecule has 1 N–H and O–H groups in total. The van der Waals surface area contributed by atoms with Gasteiger partial charge in [-0.25, -0.2) is 9.97 Å². The lowest BCUT2D eigenvalue weighted by Crippen LogP contribution is -2.01. The van der Waals surface area contributed by atoms with Crippen molar-refractivity contribution >= 4 is 0 Å². The van der Waals surface area contributed by atoms with Gasteiger partial charge in [-0.05, 0) is 17.7 Å². The molecule has 0 radical (unpaired) electrons. The molecule has 3 heterocycles. The second-order valence-corrected chi connectivity index (χ2v) is 3.70. The van der Waals surface area contributed by atoms with Gasteiger partial charge in [0, 0.05) is 31.3 Å². The Morgan fingerprint density at radius 2 is 2.00 bits per heavy atom. The van der Waals surface area contributed by atoms with Crippen molar-refractivity contribution in [2.45, 2.75) is 6.54 Å². The summed E-state index contributed by atoms with van der Waals surface area (Å²) in [5.74, 6) is 0.888. The summed E-state index contributed by atoms with van der Waals surface area (Å²) in [5, 5.41) is 0. The van der Waals surface area contributed by atoms with Gasteiger partial charge in [-0.3, -0.25) is 4.98 Å². The Morgan fingerprint density at radius 1 is 1.12 bits per heavy atom. The van der Waals surface area contributed by atoms with E-state index in [9.17, 15) is 0 Å². The first-order chi connectivity index (χ1) is 8.43. The smallest absolute Gasteiger partial charge is 0.158 e. The zero-order valence-corrected chi connectivity index (χ0v) is 9.11. The summed E-state index contributed by atoms with van der Waals surface area (Å²) >= 11 is 0. The number of H-pyrrole nitrogens is 1. The minimum atomic E-state index is 0.775. The molecule has 3 aromatic rings. The Hall–Kier alpha value is -2.43. The predicted molar refractivity (Wildman–Crippen MR) is 63.1 cm³/mol. The van der Waals surface area contributed by atoms with Crippen molar-refractivity contribution in [2.24, 2.45) is 0 Å². The van der Waals surface area contributed by atoms with Crippen LogP contribution in [0.5, 0.6) is 0 Å². The first-order valence-electron chi connectivity index (χ1n) is 5.32. The van der Waals surface area contributed by atoms with Crippen LogP contribution in [0.15, 0.2) is 49.4 Å². The third-order valence-corrected chi connectivity index (χ3v) is 2.56. The minimum absolute atomic E-state index is 0.775. The molecule has 0 saturated heterocycles. The Balaban J connectivity index is 1.92. The Kier molecular flexibility index (Phi) is 2.42. The molecule has 0 fully saturated rings. The predicted octanol–water partition coefficient (Wildman–Crippen LogP) is 1.72. The van der Waals surface area contributed by atoms with E-state index in [1.165, 1.54) is 5.56 Å². The van der Waals surface area contributed by atoms with Crippen LogP contribution < -0.4 is 0 Å². The molecule has 0 aromatic carbocycles. The molecule has 0 bridgehead atoms. The van der Waals surface area contributed by atoms with Crippen molar-refractivity contribution in [2.75, 3.05) is 0 Å². The van der Waals surface area contributed by atoms with Gasteiger partial charge >= 0.3 is 0 Å². The summed E-state index contributed by atoms with van der Waals surface area (Å²) in [4.78, 5) is 15.4. The molecule has 5 heteroatoms. The van der Waals surface area contributed by atoms with E-state index in [0.29, 0.717) is 0 Å². The first-order valence-corrected chi connectivity index (χ1v) is 5.32. The largest absolute Gasteiger partial charge is 0.342 e. The van der Waals surface area contributed by atoms with E-state index < -0.39 is 0 Å². The minimum Gasteiger partial charge on any atom is -0.342 e. The fourth-order valence-electron chi connectivity index (χ4n) is 1.74. The zero-order chi connectivity index (χ0) is 11.5. The zero-order valence-electron chi connectivity index (χ0n) is 9.11. The standard InChI is InChI=1S/C12H11N5/c1-3-13-4-2-10(1)8-17-6-5-15-12(17)11-7-14-9-16-11/h1-7,9H,8H2,(H,14,16). The van der Waals surface area contributed by atoms with Crippen molar-refractivity contribution in [3.05, 3.63) is 55.0 Å². The number of aromatic amines is 1. The molecule has 0 unspecified atom stereocenters. The molecule has 84 valence electrons. The molecule has 3 rings (SSSR count). The third-order valence-electron chi connectivity index (χ3n) is 2.56. The van der Waals surface area contributed by atoms with E-state index >= 15 is 0 Å². The summed E-state index contributed by atoms with van der Waals surface area (Å²) in [6, 6.07) is 3.99. The summed E-state index contributed by atoms with van der Waals surface area (Å²) in [6.45, 7) is 0.775. The Labute approximate surface area is 98.2 Å². The molecule has 0 aliphatic heterocycles. The lowest BCUT2D eigenvalue weighted by atomic mass is 10.2. The Bertz CT molecular complexity index is 582. The number of rotatable bonds is 3. The number of nitrogens with zero attached hydrogens (tertiary/aromatic N) is 4. The molecular weight excluding hydrogens is 214 g/mol. The van der Waals surface area contributed by atoms with Crippen LogP contribution in [0, 0.1) is 0 Å². The van der Waals surface area contributed by atoms with Crippen molar-refractivity contribution in [3.63, 3.8) is 0 Å². The molecule has 0 atom stereocenters. The number of imidazole rings is 2. The van der Waals surface area contributed by atoms with Gasteiger partial charge in [0.25, 0.3) is 0 Å². The number of hydrogen-bond donors (Lipinski definition) is 1. The average Bonchev–Trinajstić information content (AvgIpc) is 3.00. The lowest BCUT2D eigenvalue weighted by Gasteiger charge is -2.06. The maximum Gasteiger partial charge on any atom is 0.158 e. The van der Waals surface area contributed by atoms with E-state index in [2.05, 4.69) is 24.5 Å².